The zero-order valence-electron chi connectivity index (χ0n) is 11.8. The number of Topliss-reactive ketones (excluding diaryl/α,β-unsaturated/α-hetero) is 1. The first kappa shape index (κ1) is 20.8. The van der Waals surface area contributed by atoms with E-state index in [1.54, 1.807) is 6.08 Å². The average Bonchev–Trinajstić information content (AvgIpc) is 2.59. The molecule has 7 heteroatoms. The van der Waals surface area contributed by atoms with Crippen LogP contribution >= 0.6 is 95.6 Å². The van der Waals surface area contributed by atoms with Crippen LogP contribution in [-0.2, 0) is 0 Å². The number of ketones is 1. The van der Waals surface area contributed by atoms with E-state index in [4.69, 9.17) is 0 Å². The van der Waals surface area contributed by atoms with Gasteiger partial charge in [-0.25, -0.2) is 0 Å². The van der Waals surface area contributed by atoms with Gasteiger partial charge >= 0.3 is 0 Å². The van der Waals surface area contributed by atoms with Crippen LogP contribution < -0.4 is 0 Å². The van der Waals surface area contributed by atoms with Gasteiger partial charge in [0.05, 0.1) is 10.0 Å². The number of carbonyl (C=O) groups excluding carboxylic acids is 1. The third kappa shape index (κ3) is 4.80. The average molecular weight is 708 g/mol. The Morgan fingerprint density at radius 3 is 1.83 bits per heavy atom. The number of rotatable bonds is 4. The lowest BCUT2D eigenvalue weighted by Gasteiger charge is -2.12. The molecule has 0 saturated carbocycles. The highest BCUT2D eigenvalue weighted by Crippen LogP contribution is 2.45. The first-order valence-electron chi connectivity index (χ1n) is 6.49. The molecule has 124 valence electrons. The fourth-order valence-corrected chi connectivity index (χ4v) is 5.56. The van der Waals surface area contributed by atoms with E-state index in [9.17, 15) is 4.79 Å². The number of halogens is 6. The van der Waals surface area contributed by atoms with Gasteiger partial charge in [0.2, 0.25) is 5.78 Å². The van der Waals surface area contributed by atoms with Crippen LogP contribution in [0.2, 0.25) is 0 Å². The Morgan fingerprint density at radius 2 is 1.29 bits per heavy atom. The van der Waals surface area contributed by atoms with Crippen LogP contribution in [0.1, 0.15) is 15.9 Å². The molecule has 0 aliphatic carbocycles. The fourth-order valence-electron chi connectivity index (χ4n) is 1.81. The molecule has 0 bridgehead atoms. The van der Waals surface area contributed by atoms with Crippen LogP contribution in [0.25, 0.3) is 6.08 Å². The Kier molecular flexibility index (Phi) is 8.15. The second-order valence-electron chi connectivity index (χ2n) is 4.56. The van der Waals surface area contributed by atoms with Crippen molar-refractivity contribution in [3.8, 4) is 0 Å². The van der Waals surface area contributed by atoms with E-state index in [0.717, 1.165) is 19.0 Å². The summed E-state index contributed by atoms with van der Waals surface area (Å²) >= 11 is 20.7. The van der Waals surface area contributed by atoms with Crippen molar-refractivity contribution in [2.75, 3.05) is 0 Å². The molecule has 2 aromatic rings. The molecular weight excluding hydrogens is 700 g/mol. The molecule has 0 atom stereocenters. The smallest absolute Gasteiger partial charge is 0.202 e. The van der Waals surface area contributed by atoms with E-state index in [1.807, 2.05) is 42.5 Å². The molecule has 0 spiro atoms. The molecule has 0 aliphatic heterocycles. The van der Waals surface area contributed by atoms with E-state index >= 15 is 0 Å². The van der Waals surface area contributed by atoms with Gasteiger partial charge in [0.25, 0.3) is 0 Å². The van der Waals surface area contributed by atoms with Crippen molar-refractivity contribution >= 4 is 107 Å². The molecule has 0 fully saturated rings. The van der Waals surface area contributed by atoms with Crippen molar-refractivity contribution in [2.24, 2.45) is 0 Å². The lowest BCUT2D eigenvalue weighted by atomic mass is 10.1. The Hall–Kier alpha value is 0.470. The lowest BCUT2D eigenvalue weighted by molar-refractivity contribution is 0.104. The SMILES string of the molecule is O=C(C(Br)=CC=Cc1ccccc1)c1c(Br)c(Br)c(Br)c(Br)c1Br. The van der Waals surface area contributed by atoms with E-state index in [0.29, 0.717) is 19.0 Å². The Balaban J connectivity index is 2.35. The van der Waals surface area contributed by atoms with Crippen molar-refractivity contribution in [1.29, 1.82) is 0 Å². The molecular formula is C17H8Br6O. The summed E-state index contributed by atoms with van der Waals surface area (Å²) in [6.45, 7) is 0. The van der Waals surface area contributed by atoms with Gasteiger partial charge in [-0.2, -0.15) is 0 Å². The number of hydrogen-bond donors (Lipinski definition) is 0. The molecule has 2 rings (SSSR count). The molecule has 0 aliphatic rings. The lowest BCUT2D eigenvalue weighted by Crippen LogP contribution is -2.03. The third-order valence-electron chi connectivity index (χ3n) is 2.98. The van der Waals surface area contributed by atoms with Gasteiger partial charge in [-0.15, -0.1) is 0 Å². The first-order chi connectivity index (χ1) is 11.3. The molecule has 0 aromatic heterocycles. The third-order valence-corrected chi connectivity index (χ3v) is 9.70. The maximum Gasteiger partial charge on any atom is 0.202 e. The fraction of sp³-hybridized carbons (Fsp3) is 0. The molecule has 24 heavy (non-hydrogen) atoms. The predicted molar refractivity (Wildman–Crippen MR) is 122 cm³/mol. The quantitative estimate of drug-likeness (QED) is 0.102. The summed E-state index contributed by atoms with van der Waals surface area (Å²) in [5.74, 6) is -0.139. The summed E-state index contributed by atoms with van der Waals surface area (Å²) in [5.41, 5.74) is 1.59. The summed E-state index contributed by atoms with van der Waals surface area (Å²) in [6, 6.07) is 9.89. The van der Waals surface area contributed by atoms with E-state index < -0.39 is 0 Å². The maximum absolute atomic E-state index is 12.8. The minimum absolute atomic E-state index is 0.139. The molecule has 0 N–H and O–H groups in total. The Labute approximate surface area is 190 Å². The molecule has 2 aromatic carbocycles. The van der Waals surface area contributed by atoms with Crippen LogP contribution in [0, 0.1) is 0 Å². The molecule has 0 amide bonds. The van der Waals surface area contributed by atoms with Crippen LogP contribution in [0.4, 0.5) is 0 Å². The summed E-state index contributed by atoms with van der Waals surface area (Å²) in [4.78, 5) is 12.8. The standard InChI is InChI=1S/C17H8Br6O/c18-10(8-4-7-9-5-2-1-3-6-9)17(24)11-12(19)14(21)16(23)15(22)13(11)20/h1-8H. The molecule has 0 saturated heterocycles. The highest BCUT2D eigenvalue weighted by molar-refractivity contribution is 9.15. The molecule has 1 nitrogen and oxygen atoms in total. The largest absolute Gasteiger partial charge is 0.288 e. The van der Waals surface area contributed by atoms with Gasteiger partial charge in [-0.05, 0) is 107 Å². The zero-order chi connectivity index (χ0) is 17.9. The molecule has 0 unspecified atom stereocenters. The second-order valence-corrected chi connectivity index (χ2v) is 9.38. The van der Waals surface area contributed by atoms with Crippen molar-refractivity contribution in [2.45, 2.75) is 0 Å². The normalized spacial score (nSPS) is 12.0. The van der Waals surface area contributed by atoms with Crippen LogP contribution in [0.3, 0.4) is 0 Å². The summed E-state index contributed by atoms with van der Waals surface area (Å²) in [7, 11) is 0. The van der Waals surface area contributed by atoms with Gasteiger partial charge in [0.15, 0.2) is 0 Å². The van der Waals surface area contributed by atoms with Gasteiger partial charge in [0.1, 0.15) is 0 Å². The number of allylic oxidation sites excluding steroid dienone is 3. The number of benzene rings is 2. The van der Waals surface area contributed by atoms with Gasteiger partial charge in [-0.1, -0.05) is 42.5 Å². The summed E-state index contributed by atoms with van der Waals surface area (Å²) in [6.07, 6.45) is 5.51. The van der Waals surface area contributed by atoms with Gasteiger partial charge < -0.3 is 0 Å². The van der Waals surface area contributed by atoms with Crippen molar-refractivity contribution in [3.63, 3.8) is 0 Å². The highest BCUT2D eigenvalue weighted by Gasteiger charge is 2.23. The number of carbonyl (C=O) groups is 1. The zero-order valence-corrected chi connectivity index (χ0v) is 21.3. The van der Waals surface area contributed by atoms with E-state index in [-0.39, 0.29) is 5.78 Å². The van der Waals surface area contributed by atoms with E-state index in [2.05, 4.69) is 95.6 Å². The van der Waals surface area contributed by atoms with Crippen LogP contribution in [-0.4, -0.2) is 5.78 Å². The van der Waals surface area contributed by atoms with E-state index in [1.165, 1.54) is 0 Å². The maximum atomic E-state index is 12.8. The van der Waals surface area contributed by atoms with Gasteiger partial charge in [-0.3, -0.25) is 4.79 Å². The minimum atomic E-state index is -0.139. The Bertz CT molecular complexity index is 811. The first-order valence-corrected chi connectivity index (χ1v) is 11.3. The summed E-state index contributed by atoms with van der Waals surface area (Å²) in [5, 5.41) is 0. The highest BCUT2D eigenvalue weighted by atomic mass is 79.9. The van der Waals surface area contributed by atoms with Crippen molar-refractivity contribution < 1.29 is 4.79 Å². The second kappa shape index (κ2) is 9.42. The van der Waals surface area contributed by atoms with Crippen LogP contribution in [0.5, 0.6) is 0 Å². The summed E-state index contributed by atoms with van der Waals surface area (Å²) < 4.78 is 4.15. The number of hydrogen-bond acceptors (Lipinski definition) is 1. The van der Waals surface area contributed by atoms with Crippen LogP contribution in [0.15, 0.2) is 69.3 Å². The molecule has 0 heterocycles. The molecule has 0 radical (unpaired) electrons. The van der Waals surface area contributed by atoms with Crippen molar-refractivity contribution in [1.82, 2.24) is 0 Å². The Morgan fingerprint density at radius 1 is 0.792 bits per heavy atom. The monoisotopic (exact) mass is 702 g/mol. The van der Waals surface area contributed by atoms with Crippen molar-refractivity contribution in [3.05, 3.63) is 80.5 Å². The predicted octanol–water partition coefficient (Wildman–Crippen LogP) is 8.67. The van der Waals surface area contributed by atoms with Gasteiger partial charge in [0, 0.05) is 22.4 Å². The topological polar surface area (TPSA) is 17.1 Å². The minimum Gasteiger partial charge on any atom is -0.288 e.